The number of carbonyl (C=O) groups is 1. The number of aromatic amines is 1. The Balaban J connectivity index is 1.63. The van der Waals surface area contributed by atoms with E-state index in [1.165, 1.54) is 0 Å². The minimum Gasteiger partial charge on any atom is -0.476 e. The molecule has 3 heterocycles. The van der Waals surface area contributed by atoms with Crippen molar-refractivity contribution in [3.63, 3.8) is 0 Å². The summed E-state index contributed by atoms with van der Waals surface area (Å²) in [5, 5.41) is 21.6. The molecule has 1 atom stereocenters. The molecule has 0 aliphatic carbocycles. The molecule has 3 N–H and O–H groups in total. The van der Waals surface area contributed by atoms with Crippen LogP contribution >= 0.6 is 23.2 Å². The van der Waals surface area contributed by atoms with Gasteiger partial charge in [-0.25, -0.2) is 18.6 Å². The molecule has 0 bridgehead atoms. The maximum absolute atomic E-state index is 12.8. The second-order valence-electron chi connectivity index (χ2n) is 9.49. The van der Waals surface area contributed by atoms with Gasteiger partial charge in [0.2, 0.25) is 0 Å². The Kier molecular flexibility index (Phi) is 6.76. The number of carboxylic acid groups (broad SMARTS) is 1. The largest absolute Gasteiger partial charge is 0.476 e. The number of benzene rings is 1. The van der Waals surface area contributed by atoms with Crippen LogP contribution in [-0.2, 0) is 12.0 Å². The summed E-state index contributed by atoms with van der Waals surface area (Å²) in [4.78, 5) is 17.8. The first-order chi connectivity index (χ1) is 16.0. The van der Waals surface area contributed by atoms with E-state index < -0.39 is 12.4 Å². The van der Waals surface area contributed by atoms with Gasteiger partial charge in [-0.2, -0.15) is 5.10 Å². The number of carboxylic acids is 1. The number of imidazole rings is 1. The van der Waals surface area contributed by atoms with E-state index in [0.717, 1.165) is 16.5 Å². The predicted octanol–water partition coefficient (Wildman–Crippen LogP) is 5.19. The van der Waals surface area contributed by atoms with E-state index in [2.05, 4.69) is 41.3 Å². The standard InChI is InChI=1S/C22H26Cl2F2N6O2/c1-22(2,3)13-6-12-15(7-14(13)23)29-30-20(12)27-8-17-28-19(24)18(21(33)34)32(17)11-4-5-31(9-11)10-16(25)26/h6-7,11,16H,4-5,8-10H2,1-3H3,(H,33,34)(H2,27,29,30). The minimum atomic E-state index is -2.45. The van der Waals surface area contributed by atoms with Crippen LogP contribution in [0, 0.1) is 0 Å². The normalized spacial score (nSPS) is 17.2. The molecule has 1 saturated heterocycles. The fourth-order valence-corrected chi connectivity index (χ4v) is 5.17. The van der Waals surface area contributed by atoms with E-state index in [4.69, 9.17) is 23.2 Å². The van der Waals surface area contributed by atoms with Crippen molar-refractivity contribution in [2.24, 2.45) is 0 Å². The quantitative estimate of drug-likeness (QED) is 0.401. The number of hydrogen-bond acceptors (Lipinski definition) is 5. The van der Waals surface area contributed by atoms with Crippen molar-refractivity contribution in [3.8, 4) is 0 Å². The van der Waals surface area contributed by atoms with Gasteiger partial charge in [0.05, 0.1) is 18.6 Å². The lowest BCUT2D eigenvalue weighted by molar-refractivity contribution is 0.0680. The lowest BCUT2D eigenvalue weighted by atomic mass is 9.86. The average molecular weight is 515 g/mol. The maximum Gasteiger partial charge on any atom is 0.355 e. The lowest BCUT2D eigenvalue weighted by Gasteiger charge is -2.21. The number of anilines is 1. The van der Waals surface area contributed by atoms with Gasteiger partial charge < -0.3 is 15.0 Å². The fraction of sp³-hybridized carbons (Fsp3) is 0.500. The summed E-state index contributed by atoms with van der Waals surface area (Å²) in [5.41, 5.74) is 1.41. The second kappa shape index (κ2) is 9.31. The Hall–Kier alpha value is -2.43. The van der Waals surface area contributed by atoms with E-state index in [0.29, 0.717) is 36.2 Å². The third-order valence-electron chi connectivity index (χ3n) is 6.03. The van der Waals surface area contributed by atoms with E-state index in [1.54, 1.807) is 9.47 Å². The highest BCUT2D eigenvalue weighted by molar-refractivity contribution is 6.32. The molecule has 2 aromatic heterocycles. The highest BCUT2D eigenvalue weighted by Crippen LogP contribution is 2.35. The Morgan fingerprint density at radius 2 is 2.09 bits per heavy atom. The number of H-pyrrole nitrogens is 1. The van der Waals surface area contributed by atoms with Gasteiger partial charge in [0.15, 0.2) is 16.7 Å². The number of nitrogens with zero attached hydrogens (tertiary/aromatic N) is 4. The summed E-state index contributed by atoms with van der Waals surface area (Å²) < 4.78 is 27.2. The molecule has 1 aromatic carbocycles. The van der Waals surface area contributed by atoms with Gasteiger partial charge in [0, 0.05) is 29.5 Å². The molecule has 0 spiro atoms. The Morgan fingerprint density at radius 3 is 2.74 bits per heavy atom. The molecular formula is C22H26Cl2F2N6O2. The van der Waals surface area contributed by atoms with Crippen LogP contribution in [0.15, 0.2) is 12.1 Å². The molecule has 4 rings (SSSR count). The SMILES string of the molecule is CC(C)(C)c1cc2c(NCc3nc(Cl)c(C(=O)O)n3C3CCN(CC(F)F)C3)n[nH]c2cc1Cl. The second-order valence-corrected chi connectivity index (χ2v) is 10.3. The van der Waals surface area contributed by atoms with Gasteiger partial charge in [-0.1, -0.05) is 44.0 Å². The number of halogens is 4. The number of nitrogens with one attached hydrogen (secondary N) is 2. The predicted molar refractivity (Wildman–Crippen MR) is 127 cm³/mol. The summed E-state index contributed by atoms with van der Waals surface area (Å²) in [5.74, 6) is -0.261. The molecule has 1 aliphatic heterocycles. The number of aromatic carboxylic acids is 1. The van der Waals surface area contributed by atoms with Crippen molar-refractivity contribution >= 4 is 45.9 Å². The molecule has 1 aliphatic rings. The van der Waals surface area contributed by atoms with Crippen molar-refractivity contribution in [1.29, 1.82) is 0 Å². The maximum atomic E-state index is 12.8. The van der Waals surface area contributed by atoms with Crippen molar-refractivity contribution < 1.29 is 18.7 Å². The van der Waals surface area contributed by atoms with Crippen LogP contribution in [0.1, 0.15) is 55.1 Å². The number of likely N-dealkylation sites (tertiary alicyclic amines) is 1. The van der Waals surface area contributed by atoms with Gasteiger partial charge in [-0.05, 0) is 29.5 Å². The zero-order chi connectivity index (χ0) is 24.8. The van der Waals surface area contributed by atoms with Crippen LogP contribution < -0.4 is 5.32 Å². The minimum absolute atomic E-state index is 0.134. The highest BCUT2D eigenvalue weighted by atomic mass is 35.5. The number of hydrogen-bond donors (Lipinski definition) is 3. The van der Waals surface area contributed by atoms with E-state index in [-0.39, 0.29) is 35.4 Å². The van der Waals surface area contributed by atoms with Crippen LogP contribution in [0.25, 0.3) is 10.9 Å². The topological polar surface area (TPSA) is 99.1 Å². The first-order valence-electron chi connectivity index (χ1n) is 10.9. The number of alkyl halides is 2. The lowest BCUT2D eigenvalue weighted by Crippen LogP contribution is -2.28. The van der Waals surface area contributed by atoms with Crippen LogP contribution in [0.3, 0.4) is 0 Å². The third kappa shape index (κ3) is 4.85. The first-order valence-corrected chi connectivity index (χ1v) is 11.6. The van der Waals surface area contributed by atoms with E-state index in [1.807, 2.05) is 12.1 Å². The third-order valence-corrected chi connectivity index (χ3v) is 6.60. The number of fused-ring (bicyclic) bond motifs is 1. The summed E-state index contributed by atoms with van der Waals surface area (Å²) in [6, 6.07) is 3.47. The zero-order valence-corrected chi connectivity index (χ0v) is 20.5. The van der Waals surface area contributed by atoms with Crippen LogP contribution in [-0.4, -0.2) is 61.8 Å². The highest BCUT2D eigenvalue weighted by Gasteiger charge is 2.32. The molecule has 0 saturated carbocycles. The van der Waals surface area contributed by atoms with Crippen LogP contribution in [0.2, 0.25) is 10.2 Å². The Labute approximate surface area is 205 Å². The van der Waals surface area contributed by atoms with Crippen molar-refractivity contribution in [1.82, 2.24) is 24.6 Å². The Bertz CT molecular complexity index is 1220. The molecule has 34 heavy (non-hydrogen) atoms. The monoisotopic (exact) mass is 514 g/mol. The first kappa shape index (κ1) is 24.7. The summed E-state index contributed by atoms with van der Waals surface area (Å²) in [7, 11) is 0. The van der Waals surface area contributed by atoms with Gasteiger partial charge >= 0.3 is 5.97 Å². The summed E-state index contributed by atoms with van der Waals surface area (Å²) >= 11 is 12.6. The number of rotatable bonds is 7. The van der Waals surface area contributed by atoms with Gasteiger partial charge in [-0.3, -0.25) is 10.00 Å². The molecular weight excluding hydrogens is 489 g/mol. The average Bonchev–Trinajstić information content (AvgIpc) is 3.41. The zero-order valence-electron chi connectivity index (χ0n) is 19.0. The number of aromatic nitrogens is 4. The Morgan fingerprint density at radius 1 is 1.35 bits per heavy atom. The smallest absolute Gasteiger partial charge is 0.355 e. The van der Waals surface area contributed by atoms with Crippen molar-refractivity contribution in [3.05, 3.63) is 39.4 Å². The molecule has 1 fully saturated rings. The van der Waals surface area contributed by atoms with Crippen molar-refractivity contribution in [2.45, 2.75) is 51.6 Å². The molecule has 12 heteroatoms. The van der Waals surface area contributed by atoms with Crippen LogP contribution in [0.4, 0.5) is 14.6 Å². The molecule has 3 aromatic rings. The summed E-state index contributed by atoms with van der Waals surface area (Å²) in [6.45, 7) is 6.73. The van der Waals surface area contributed by atoms with E-state index >= 15 is 0 Å². The van der Waals surface area contributed by atoms with E-state index in [9.17, 15) is 18.7 Å². The fourth-order valence-electron chi connectivity index (χ4n) is 4.45. The summed E-state index contributed by atoms with van der Waals surface area (Å²) in [6.07, 6.45) is -1.93. The van der Waals surface area contributed by atoms with Gasteiger partial charge in [0.1, 0.15) is 5.82 Å². The van der Waals surface area contributed by atoms with Gasteiger partial charge in [-0.15, -0.1) is 0 Å². The molecule has 8 nitrogen and oxygen atoms in total. The molecule has 1 unspecified atom stereocenters. The molecule has 184 valence electrons. The molecule has 0 amide bonds. The molecule has 0 radical (unpaired) electrons. The van der Waals surface area contributed by atoms with Crippen molar-refractivity contribution in [2.75, 3.05) is 25.0 Å². The van der Waals surface area contributed by atoms with Crippen LogP contribution in [0.5, 0.6) is 0 Å². The van der Waals surface area contributed by atoms with Gasteiger partial charge in [0.25, 0.3) is 6.43 Å².